The predicted molar refractivity (Wildman–Crippen MR) is 86.0 cm³/mol. The number of fused-ring (bicyclic) bond motifs is 1. The number of hydrogen-bond acceptors (Lipinski definition) is 3. The van der Waals surface area contributed by atoms with Gasteiger partial charge < -0.3 is 5.32 Å². The van der Waals surface area contributed by atoms with Crippen LogP contribution in [0.3, 0.4) is 0 Å². The van der Waals surface area contributed by atoms with Gasteiger partial charge in [-0.3, -0.25) is 19.3 Å². The van der Waals surface area contributed by atoms with Gasteiger partial charge in [-0.15, -0.1) is 0 Å². The Bertz CT molecular complexity index is 880. The van der Waals surface area contributed by atoms with Crippen LogP contribution in [0, 0.1) is 17.5 Å². The monoisotopic (exact) mass is 362 g/mol. The van der Waals surface area contributed by atoms with Crippen molar-refractivity contribution >= 4 is 23.4 Å². The molecular weight excluding hydrogens is 349 g/mol. The summed E-state index contributed by atoms with van der Waals surface area (Å²) >= 11 is 0. The van der Waals surface area contributed by atoms with Crippen molar-refractivity contribution < 1.29 is 27.6 Å². The Kier molecular flexibility index (Phi) is 4.75. The molecule has 0 aliphatic carbocycles. The van der Waals surface area contributed by atoms with Crippen molar-refractivity contribution in [2.45, 2.75) is 12.8 Å². The Hall–Kier alpha value is -3.16. The minimum atomic E-state index is -1.67. The van der Waals surface area contributed by atoms with Gasteiger partial charge in [0.1, 0.15) is 0 Å². The van der Waals surface area contributed by atoms with Crippen molar-refractivity contribution in [3.05, 3.63) is 65.0 Å². The standard InChI is InChI=1S/C18H13F3N2O3/c19-12-7-8-13(16(21)15(12)20)22-14(24)6-3-9-23-17(25)10-4-1-2-5-11(10)18(23)26/h1-2,4-5,7-8H,3,6,9H2,(H,22,24). The van der Waals surface area contributed by atoms with Crippen molar-refractivity contribution in [2.75, 3.05) is 11.9 Å². The molecule has 0 spiro atoms. The lowest BCUT2D eigenvalue weighted by molar-refractivity contribution is -0.116. The molecule has 1 aliphatic heterocycles. The van der Waals surface area contributed by atoms with Crippen LogP contribution in [-0.2, 0) is 4.79 Å². The number of rotatable bonds is 5. The van der Waals surface area contributed by atoms with E-state index in [1.54, 1.807) is 24.3 Å². The molecular formula is C18H13F3N2O3. The molecule has 8 heteroatoms. The molecule has 0 radical (unpaired) electrons. The van der Waals surface area contributed by atoms with Crippen molar-refractivity contribution in [1.29, 1.82) is 0 Å². The summed E-state index contributed by atoms with van der Waals surface area (Å²) in [5.41, 5.74) is 0.145. The lowest BCUT2D eigenvalue weighted by atomic mass is 10.1. The maximum Gasteiger partial charge on any atom is 0.261 e. The molecule has 1 N–H and O–H groups in total. The fourth-order valence-corrected chi connectivity index (χ4v) is 2.68. The summed E-state index contributed by atoms with van der Waals surface area (Å²) in [5, 5.41) is 2.13. The molecule has 0 fully saturated rings. The van der Waals surface area contributed by atoms with E-state index < -0.39 is 40.9 Å². The fourth-order valence-electron chi connectivity index (χ4n) is 2.68. The molecule has 3 rings (SSSR count). The first-order chi connectivity index (χ1) is 12.4. The van der Waals surface area contributed by atoms with E-state index >= 15 is 0 Å². The van der Waals surface area contributed by atoms with E-state index in [0.717, 1.165) is 11.0 Å². The normalized spacial score (nSPS) is 13.1. The Morgan fingerprint density at radius 3 is 2.15 bits per heavy atom. The van der Waals surface area contributed by atoms with Crippen molar-refractivity contribution in [2.24, 2.45) is 0 Å². The molecule has 0 saturated heterocycles. The number of carbonyl (C=O) groups excluding carboxylic acids is 3. The maximum absolute atomic E-state index is 13.5. The first-order valence-electron chi connectivity index (χ1n) is 7.78. The molecule has 1 aliphatic rings. The zero-order chi connectivity index (χ0) is 18.8. The zero-order valence-electron chi connectivity index (χ0n) is 13.4. The fraction of sp³-hybridized carbons (Fsp3) is 0.167. The van der Waals surface area contributed by atoms with Gasteiger partial charge in [-0.2, -0.15) is 0 Å². The third kappa shape index (κ3) is 3.17. The topological polar surface area (TPSA) is 66.5 Å². The Labute approximate surface area is 146 Å². The minimum Gasteiger partial charge on any atom is -0.324 e. The summed E-state index contributed by atoms with van der Waals surface area (Å²) in [6.45, 7) is 0.0139. The number of halogens is 3. The number of anilines is 1. The molecule has 5 nitrogen and oxygen atoms in total. The van der Waals surface area contributed by atoms with Gasteiger partial charge in [0, 0.05) is 13.0 Å². The molecule has 0 unspecified atom stereocenters. The number of imide groups is 1. The highest BCUT2D eigenvalue weighted by atomic mass is 19.2. The molecule has 0 aromatic heterocycles. The zero-order valence-corrected chi connectivity index (χ0v) is 13.4. The number of nitrogens with one attached hydrogen (secondary N) is 1. The molecule has 134 valence electrons. The van der Waals surface area contributed by atoms with Crippen LogP contribution in [-0.4, -0.2) is 29.2 Å². The lowest BCUT2D eigenvalue weighted by Gasteiger charge is -2.13. The molecule has 26 heavy (non-hydrogen) atoms. The SMILES string of the molecule is O=C(CCCN1C(=O)c2ccccc2C1=O)Nc1ccc(F)c(F)c1F. The van der Waals surface area contributed by atoms with E-state index in [-0.39, 0.29) is 19.4 Å². The van der Waals surface area contributed by atoms with Crippen LogP contribution < -0.4 is 5.32 Å². The van der Waals surface area contributed by atoms with Gasteiger partial charge in [0.25, 0.3) is 11.8 Å². The highest BCUT2D eigenvalue weighted by molar-refractivity contribution is 6.21. The predicted octanol–water partition coefficient (Wildman–Crippen LogP) is 3.12. The third-order valence-corrected chi connectivity index (χ3v) is 3.97. The van der Waals surface area contributed by atoms with Crippen LogP contribution in [0.4, 0.5) is 18.9 Å². The Balaban J connectivity index is 1.56. The Morgan fingerprint density at radius 1 is 0.923 bits per heavy atom. The van der Waals surface area contributed by atoms with Gasteiger partial charge in [0.2, 0.25) is 5.91 Å². The minimum absolute atomic E-state index is 0.0139. The van der Waals surface area contributed by atoms with Gasteiger partial charge in [0.15, 0.2) is 17.5 Å². The summed E-state index contributed by atoms with van der Waals surface area (Å²) in [6, 6.07) is 8.01. The van der Waals surface area contributed by atoms with Gasteiger partial charge in [-0.25, -0.2) is 13.2 Å². The summed E-state index contributed by atoms with van der Waals surface area (Å²) in [7, 11) is 0. The largest absolute Gasteiger partial charge is 0.324 e. The van der Waals surface area contributed by atoms with Crippen LogP contribution in [0.1, 0.15) is 33.6 Å². The van der Waals surface area contributed by atoms with E-state index in [4.69, 9.17) is 0 Å². The van der Waals surface area contributed by atoms with E-state index in [1.807, 2.05) is 0 Å². The van der Waals surface area contributed by atoms with Gasteiger partial charge in [-0.05, 0) is 30.7 Å². The van der Waals surface area contributed by atoms with Crippen LogP contribution in [0.5, 0.6) is 0 Å². The number of benzene rings is 2. The first-order valence-corrected chi connectivity index (χ1v) is 7.78. The van der Waals surface area contributed by atoms with Gasteiger partial charge in [0.05, 0.1) is 16.8 Å². The molecule has 2 aromatic carbocycles. The number of nitrogens with zero attached hydrogens (tertiary/aromatic N) is 1. The van der Waals surface area contributed by atoms with Gasteiger partial charge >= 0.3 is 0 Å². The number of carbonyl (C=O) groups is 3. The van der Waals surface area contributed by atoms with Crippen LogP contribution >= 0.6 is 0 Å². The average molecular weight is 362 g/mol. The summed E-state index contributed by atoms with van der Waals surface area (Å²) in [5.74, 6) is -6.03. The van der Waals surface area contributed by atoms with Crippen LogP contribution in [0.2, 0.25) is 0 Å². The van der Waals surface area contributed by atoms with E-state index in [2.05, 4.69) is 5.32 Å². The molecule has 1 heterocycles. The van der Waals surface area contributed by atoms with Crippen molar-refractivity contribution in [3.63, 3.8) is 0 Å². The summed E-state index contributed by atoms with van der Waals surface area (Å²) in [4.78, 5) is 37.2. The molecule has 0 atom stereocenters. The lowest BCUT2D eigenvalue weighted by Crippen LogP contribution is -2.31. The smallest absolute Gasteiger partial charge is 0.261 e. The second-order valence-electron chi connectivity index (χ2n) is 5.68. The quantitative estimate of drug-likeness (QED) is 0.657. The van der Waals surface area contributed by atoms with Crippen LogP contribution in [0.15, 0.2) is 36.4 Å². The Morgan fingerprint density at radius 2 is 1.54 bits per heavy atom. The number of amides is 3. The van der Waals surface area contributed by atoms with E-state index in [9.17, 15) is 27.6 Å². The van der Waals surface area contributed by atoms with Crippen molar-refractivity contribution in [3.8, 4) is 0 Å². The molecule has 3 amide bonds. The molecule has 0 bridgehead atoms. The second kappa shape index (κ2) is 6.99. The first kappa shape index (κ1) is 17.7. The number of hydrogen-bond donors (Lipinski definition) is 1. The highest BCUT2D eigenvalue weighted by Gasteiger charge is 2.34. The van der Waals surface area contributed by atoms with Gasteiger partial charge in [-0.1, -0.05) is 12.1 Å². The second-order valence-corrected chi connectivity index (χ2v) is 5.68. The molecule has 0 saturated carbocycles. The average Bonchev–Trinajstić information content (AvgIpc) is 2.87. The molecule has 2 aromatic rings. The highest BCUT2D eigenvalue weighted by Crippen LogP contribution is 2.23. The van der Waals surface area contributed by atoms with Crippen molar-refractivity contribution in [1.82, 2.24) is 4.90 Å². The summed E-state index contributed by atoms with van der Waals surface area (Å²) < 4.78 is 39.5. The van der Waals surface area contributed by atoms with E-state index in [1.165, 1.54) is 0 Å². The maximum atomic E-state index is 13.5. The van der Waals surface area contributed by atoms with E-state index in [0.29, 0.717) is 17.2 Å². The van der Waals surface area contributed by atoms with Crippen LogP contribution in [0.25, 0.3) is 0 Å². The summed E-state index contributed by atoms with van der Waals surface area (Å²) in [6.07, 6.45) is 0.00837. The third-order valence-electron chi connectivity index (χ3n) is 3.97.